The molecule has 31 heavy (non-hydrogen) atoms. The second-order valence-corrected chi connectivity index (χ2v) is 7.17. The summed E-state index contributed by atoms with van der Waals surface area (Å²) >= 11 is 0. The van der Waals surface area contributed by atoms with E-state index in [0.29, 0.717) is 34.6 Å². The van der Waals surface area contributed by atoms with Gasteiger partial charge >= 0.3 is 0 Å². The molecule has 0 unspecified atom stereocenters. The number of carbonyl (C=O) groups excluding carboxylic acids is 1. The van der Waals surface area contributed by atoms with Gasteiger partial charge in [-0.3, -0.25) is 9.59 Å². The number of aromatic nitrogens is 4. The molecule has 5 rings (SSSR count). The molecule has 0 bridgehead atoms. The van der Waals surface area contributed by atoms with Crippen LogP contribution in [-0.4, -0.2) is 32.3 Å². The van der Waals surface area contributed by atoms with E-state index in [1.807, 2.05) is 42.5 Å². The summed E-state index contributed by atoms with van der Waals surface area (Å²) in [5, 5.41) is 12.1. The molecule has 9 heteroatoms. The minimum absolute atomic E-state index is 0.194. The Balaban J connectivity index is 1.38. The highest BCUT2D eigenvalue weighted by molar-refractivity contribution is 5.82. The van der Waals surface area contributed by atoms with Crippen LogP contribution in [0.1, 0.15) is 11.3 Å². The summed E-state index contributed by atoms with van der Waals surface area (Å²) in [6, 6.07) is 14.9. The summed E-state index contributed by atoms with van der Waals surface area (Å²) in [6.07, 6.45) is 1.62. The molecule has 0 spiro atoms. The van der Waals surface area contributed by atoms with Crippen LogP contribution in [0.2, 0.25) is 0 Å². The number of hydrogen-bond donors (Lipinski definition) is 1. The van der Waals surface area contributed by atoms with Gasteiger partial charge in [0.15, 0.2) is 11.5 Å². The molecule has 2 aromatic heterocycles. The number of hydrogen-bond acceptors (Lipinski definition) is 6. The first-order valence-electron chi connectivity index (χ1n) is 9.76. The second kappa shape index (κ2) is 7.60. The van der Waals surface area contributed by atoms with Crippen LogP contribution in [0.25, 0.3) is 16.6 Å². The molecule has 0 atom stereocenters. The topological polar surface area (TPSA) is 100 Å². The molecule has 3 heterocycles. The predicted octanol–water partition coefficient (Wildman–Crippen LogP) is 1.94. The lowest BCUT2D eigenvalue weighted by Gasteiger charge is -2.10. The Kier molecular flexibility index (Phi) is 4.62. The first-order chi connectivity index (χ1) is 15.1. The quantitative estimate of drug-likeness (QED) is 0.533. The van der Waals surface area contributed by atoms with Gasteiger partial charge in [-0.2, -0.15) is 10.2 Å². The van der Waals surface area contributed by atoms with Gasteiger partial charge in [-0.05, 0) is 36.8 Å². The zero-order valence-electron chi connectivity index (χ0n) is 16.7. The number of carbonyl (C=O) groups is 1. The van der Waals surface area contributed by atoms with E-state index in [9.17, 15) is 9.59 Å². The molecule has 0 aliphatic carbocycles. The standard InChI is InChI=1S/C22H19N5O4/c1-14-17-11-24-27(16-5-3-2-4-6-16)21(17)22(29)26(25-14)12-20(28)23-10-15-7-8-18-19(9-15)31-13-30-18/h2-9,11H,10,12-13H2,1H3,(H,23,28). The van der Waals surface area contributed by atoms with Crippen LogP contribution in [0.15, 0.2) is 59.5 Å². The monoisotopic (exact) mass is 417 g/mol. The number of fused-ring (bicyclic) bond motifs is 2. The molecule has 0 radical (unpaired) electrons. The third-order valence-corrected chi connectivity index (χ3v) is 5.09. The van der Waals surface area contributed by atoms with Crippen molar-refractivity contribution in [3.8, 4) is 17.2 Å². The highest BCUT2D eigenvalue weighted by Gasteiger charge is 2.17. The average Bonchev–Trinajstić information content (AvgIpc) is 3.43. The van der Waals surface area contributed by atoms with Crippen LogP contribution in [0.4, 0.5) is 0 Å². The molecule has 9 nitrogen and oxygen atoms in total. The van der Waals surface area contributed by atoms with Gasteiger partial charge in [-0.15, -0.1) is 0 Å². The average molecular weight is 417 g/mol. The highest BCUT2D eigenvalue weighted by Crippen LogP contribution is 2.32. The number of para-hydroxylation sites is 1. The Bertz CT molecular complexity index is 1340. The van der Waals surface area contributed by atoms with Gasteiger partial charge in [0.05, 0.1) is 17.6 Å². The molecule has 156 valence electrons. The van der Waals surface area contributed by atoms with Gasteiger partial charge in [0.25, 0.3) is 5.56 Å². The molecule has 1 amide bonds. The Labute approximate surface area is 176 Å². The van der Waals surface area contributed by atoms with Gasteiger partial charge in [0.1, 0.15) is 12.1 Å². The zero-order valence-corrected chi connectivity index (χ0v) is 16.7. The maximum atomic E-state index is 13.1. The number of benzene rings is 2. The highest BCUT2D eigenvalue weighted by atomic mass is 16.7. The van der Waals surface area contributed by atoms with Gasteiger partial charge in [0, 0.05) is 11.9 Å². The molecule has 1 N–H and O–H groups in total. The molecular weight excluding hydrogens is 398 g/mol. The zero-order chi connectivity index (χ0) is 21.4. The SMILES string of the molecule is Cc1nn(CC(=O)NCc2ccc3c(c2)OCO3)c(=O)c2c1cnn2-c1ccccc1. The summed E-state index contributed by atoms with van der Waals surface area (Å²) in [5.74, 6) is 1.02. The maximum Gasteiger partial charge on any atom is 0.293 e. The number of rotatable bonds is 5. The third-order valence-electron chi connectivity index (χ3n) is 5.09. The molecule has 4 aromatic rings. The lowest BCUT2D eigenvalue weighted by Crippen LogP contribution is -2.34. The van der Waals surface area contributed by atoms with Crippen LogP contribution in [-0.2, 0) is 17.9 Å². The van der Waals surface area contributed by atoms with Crippen molar-refractivity contribution in [3.05, 3.63) is 76.3 Å². The first kappa shape index (κ1) is 18.9. The Morgan fingerprint density at radius 3 is 2.77 bits per heavy atom. The Morgan fingerprint density at radius 1 is 1.13 bits per heavy atom. The molecule has 1 aliphatic heterocycles. The Morgan fingerprint density at radius 2 is 1.94 bits per heavy atom. The van der Waals surface area contributed by atoms with Crippen molar-refractivity contribution in [1.29, 1.82) is 0 Å². The van der Waals surface area contributed by atoms with Crippen molar-refractivity contribution in [1.82, 2.24) is 24.9 Å². The second-order valence-electron chi connectivity index (χ2n) is 7.17. The molecule has 0 saturated carbocycles. The fourth-order valence-corrected chi connectivity index (χ4v) is 3.54. The van der Waals surface area contributed by atoms with E-state index >= 15 is 0 Å². The van der Waals surface area contributed by atoms with Crippen molar-refractivity contribution >= 4 is 16.8 Å². The van der Waals surface area contributed by atoms with Gasteiger partial charge in [-0.1, -0.05) is 24.3 Å². The van der Waals surface area contributed by atoms with Crippen LogP contribution in [0.3, 0.4) is 0 Å². The van der Waals surface area contributed by atoms with E-state index in [4.69, 9.17) is 9.47 Å². The van der Waals surface area contributed by atoms with Crippen molar-refractivity contribution in [3.63, 3.8) is 0 Å². The number of aryl methyl sites for hydroxylation is 1. The number of ether oxygens (including phenoxy) is 2. The summed E-state index contributed by atoms with van der Waals surface area (Å²) in [6.45, 7) is 2.09. The largest absolute Gasteiger partial charge is 0.454 e. The van der Waals surface area contributed by atoms with E-state index in [1.165, 1.54) is 4.68 Å². The molecule has 1 aliphatic rings. The van der Waals surface area contributed by atoms with Crippen LogP contribution in [0.5, 0.6) is 11.5 Å². The molecule has 0 saturated heterocycles. The van der Waals surface area contributed by atoms with Crippen molar-refractivity contribution in [2.45, 2.75) is 20.0 Å². The van der Waals surface area contributed by atoms with Crippen molar-refractivity contribution in [2.75, 3.05) is 6.79 Å². The number of amides is 1. The van der Waals surface area contributed by atoms with Crippen molar-refractivity contribution in [2.24, 2.45) is 0 Å². The predicted molar refractivity (Wildman–Crippen MR) is 112 cm³/mol. The molecule has 0 fully saturated rings. The minimum Gasteiger partial charge on any atom is -0.454 e. The maximum absolute atomic E-state index is 13.1. The van der Waals surface area contributed by atoms with E-state index in [2.05, 4.69) is 15.5 Å². The first-order valence-corrected chi connectivity index (χ1v) is 9.76. The van der Waals surface area contributed by atoms with E-state index in [-0.39, 0.29) is 24.8 Å². The van der Waals surface area contributed by atoms with Gasteiger partial charge in [0.2, 0.25) is 12.7 Å². The number of nitrogens with zero attached hydrogens (tertiary/aromatic N) is 4. The fourth-order valence-electron chi connectivity index (χ4n) is 3.54. The van der Waals surface area contributed by atoms with Crippen LogP contribution < -0.4 is 20.3 Å². The van der Waals surface area contributed by atoms with E-state index < -0.39 is 0 Å². The van der Waals surface area contributed by atoms with Crippen LogP contribution >= 0.6 is 0 Å². The van der Waals surface area contributed by atoms with Crippen molar-refractivity contribution < 1.29 is 14.3 Å². The minimum atomic E-state index is -0.375. The van der Waals surface area contributed by atoms with E-state index in [1.54, 1.807) is 23.9 Å². The Hall–Kier alpha value is -4.14. The summed E-state index contributed by atoms with van der Waals surface area (Å²) in [5.41, 5.74) is 2.27. The molecular formula is C22H19N5O4. The fraction of sp³-hybridized carbons (Fsp3) is 0.182. The van der Waals surface area contributed by atoms with Gasteiger partial charge < -0.3 is 14.8 Å². The molecule has 2 aromatic carbocycles. The van der Waals surface area contributed by atoms with E-state index in [0.717, 1.165) is 11.3 Å². The normalized spacial score (nSPS) is 12.3. The summed E-state index contributed by atoms with van der Waals surface area (Å²) < 4.78 is 13.4. The third kappa shape index (κ3) is 3.50. The number of nitrogens with one attached hydrogen (secondary N) is 1. The van der Waals surface area contributed by atoms with Gasteiger partial charge in [-0.25, -0.2) is 9.36 Å². The smallest absolute Gasteiger partial charge is 0.293 e. The lowest BCUT2D eigenvalue weighted by molar-refractivity contribution is -0.122. The lowest BCUT2D eigenvalue weighted by atomic mass is 10.2. The summed E-state index contributed by atoms with van der Waals surface area (Å²) in [7, 11) is 0. The summed E-state index contributed by atoms with van der Waals surface area (Å²) in [4.78, 5) is 25.6. The van der Waals surface area contributed by atoms with Crippen LogP contribution in [0, 0.1) is 6.92 Å².